The molecule has 2 nitrogen and oxygen atoms in total. The molecule has 1 saturated carbocycles. The molecule has 2 fully saturated rings. The van der Waals surface area contributed by atoms with Crippen molar-refractivity contribution in [1.29, 1.82) is 0 Å². The smallest absolute Gasteiger partial charge is 0.0221 e. The monoisotopic (exact) mass is 168 g/mol. The summed E-state index contributed by atoms with van der Waals surface area (Å²) in [6, 6.07) is 0.712. The third-order valence-electron chi connectivity index (χ3n) is 3.51. The summed E-state index contributed by atoms with van der Waals surface area (Å²) in [5.41, 5.74) is 5.77. The largest absolute Gasteiger partial charge is 0.329 e. The van der Waals surface area contributed by atoms with Gasteiger partial charge in [0.15, 0.2) is 0 Å². The van der Waals surface area contributed by atoms with Crippen molar-refractivity contribution in [2.75, 3.05) is 19.6 Å². The van der Waals surface area contributed by atoms with Gasteiger partial charge < -0.3 is 5.73 Å². The van der Waals surface area contributed by atoms with Crippen LogP contribution in [0.25, 0.3) is 0 Å². The summed E-state index contributed by atoms with van der Waals surface area (Å²) in [5, 5.41) is 0. The highest BCUT2D eigenvalue weighted by molar-refractivity contribution is 4.83. The van der Waals surface area contributed by atoms with Gasteiger partial charge in [0.2, 0.25) is 0 Å². The fourth-order valence-electron chi connectivity index (χ4n) is 2.21. The lowest BCUT2D eigenvalue weighted by Crippen LogP contribution is -2.49. The summed E-state index contributed by atoms with van der Waals surface area (Å²) in [6.45, 7) is 3.47. The van der Waals surface area contributed by atoms with Crippen molar-refractivity contribution in [2.45, 2.75) is 38.1 Å². The lowest BCUT2D eigenvalue weighted by Gasteiger charge is -2.41. The Balaban J connectivity index is 1.73. The molecule has 0 amide bonds. The van der Waals surface area contributed by atoms with Crippen LogP contribution < -0.4 is 5.73 Å². The van der Waals surface area contributed by atoms with Gasteiger partial charge in [-0.15, -0.1) is 0 Å². The van der Waals surface area contributed by atoms with Crippen molar-refractivity contribution in [2.24, 2.45) is 11.7 Å². The topological polar surface area (TPSA) is 29.3 Å². The van der Waals surface area contributed by atoms with Crippen molar-refractivity contribution in [3.8, 4) is 0 Å². The molecular formula is C10H20N2. The van der Waals surface area contributed by atoms with Gasteiger partial charge in [0.25, 0.3) is 0 Å². The van der Waals surface area contributed by atoms with E-state index in [0.29, 0.717) is 6.04 Å². The molecular weight excluding hydrogens is 148 g/mol. The maximum Gasteiger partial charge on any atom is 0.0221 e. The van der Waals surface area contributed by atoms with E-state index in [-0.39, 0.29) is 0 Å². The van der Waals surface area contributed by atoms with Crippen LogP contribution in [-0.2, 0) is 0 Å². The fraction of sp³-hybridized carbons (Fsp3) is 1.00. The minimum atomic E-state index is 0.712. The SMILES string of the molecule is NCC(CC1CCC1)N1CCC1. The van der Waals surface area contributed by atoms with Crippen molar-refractivity contribution in [1.82, 2.24) is 4.90 Å². The predicted molar refractivity (Wildman–Crippen MR) is 51.0 cm³/mol. The number of likely N-dealkylation sites (tertiary alicyclic amines) is 1. The van der Waals surface area contributed by atoms with E-state index < -0.39 is 0 Å². The van der Waals surface area contributed by atoms with E-state index in [2.05, 4.69) is 4.90 Å². The molecule has 2 N–H and O–H groups in total. The Morgan fingerprint density at radius 2 is 2.00 bits per heavy atom. The summed E-state index contributed by atoms with van der Waals surface area (Å²) in [4.78, 5) is 2.55. The molecule has 0 spiro atoms. The van der Waals surface area contributed by atoms with E-state index in [4.69, 9.17) is 5.73 Å². The molecule has 1 aliphatic heterocycles. The Kier molecular flexibility index (Phi) is 2.66. The molecule has 2 aliphatic rings. The minimum Gasteiger partial charge on any atom is -0.329 e. The Bertz CT molecular complexity index is 139. The zero-order chi connectivity index (χ0) is 8.39. The molecule has 2 rings (SSSR count). The first-order chi connectivity index (χ1) is 5.90. The van der Waals surface area contributed by atoms with Crippen LogP contribution in [0, 0.1) is 5.92 Å². The molecule has 0 aromatic heterocycles. The van der Waals surface area contributed by atoms with E-state index in [1.165, 1.54) is 45.2 Å². The van der Waals surface area contributed by atoms with Crippen LogP contribution >= 0.6 is 0 Å². The maximum absolute atomic E-state index is 5.77. The van der Waals surface area contributed by atoms with Crippen LogP contribution in [0.1, 0.15) is 32.1 Å². The Morgan fingerprint density at radius 3 is 2.33 bits per heavy atom. The first-order valence-corrected chi connectivity index (χ1v) is 5.34. The van der Waals surface area contributed by atoms with Gasteiger partial charge in [-0.25, -0.2) is 0 Å². The number of rotatable bonds is 4. The molecule has 1 atom stereocenters. The number of nitrogens with two attached hydrogens (primary N) is 1. The molecule has 70 valence electrons. The number of nitrogens with zero attached hydrogens (tertiary/aromatic N) is 1. The van der Waals surface area contributed by atoms with E-state index in [0.717, 1.165) is 12.5 Å². The molecule has 1 aliphatic carbocycles. The predicted octanol–water partition coefficient (Wildman–Crippen LogP) is 1.21. The fourth-order valence-corrected chi connectivity index (χ4v) is 2.21. The van der Waals surface area contributed by atoms with Gasteiger partial charge in [0.05, 0.1) is 0 Å². The molecule has 1 unspecified atom stereocenters. The highest BCUT2D eigenvalue weighted by atomic mass is 15.2. The lowest BCUT2D eigenvalue weighted by molar-refractivity contribution is 0.0907. The van der Waals surface area contributed by atoms with Crippen LogP contribution in [-0.4, -0.2) is 30.6 Å². The minimum absolute atomic E-state index is 0.712. The second-order valence-corrected chi connectivity index (χ2v) is 4.31. The molecule has 0 radical (unpaired) electrons. The quantitative estimate of drug-likeness (QED) is 0.683. The summed E-state index contributed by atoms with van der Waals surface area (Å²) >= 11 is 0. The molecule has 12 heavy (non-hydrogen) atoms. The van der Waals surface area contributed by atoms with Crippen LogP contribution in [0.15, 0.2) is 0 Å². The Labute approximate surface area is 75.1 Å². The van der Waals surface area contributed by atoms with Gasteiger partial charge in [0, 0.05) is 12.6 Å². The molecule has 2 heteroatoms. The molecule has 0 bridgehead atoms. The zero-order valence-corrected chi connectivity index (χ0v) is 7.84. The highest BCUT2D eigenvalue weighted by Gasteiger charge is 2.27. The first kappa shape index (κ1) is 8.52. The summed E-state index contributed by atoms with van der Waals surface area (Å²) in [6.07, 6.45) is 7.15. The Morgan fingerprint density at radius 1 is 1.25 bits per heavy atom. The standard InChI is InChI=1S/C10H20N2/c11-8-10(12-5-2-6-12)7-9-3-1-4-9/h9-10H,1-8,11H2. The van der Waals surface area contributed by atoms with Crippen LogP contribution in [0.2, 0.25) is 0 Å². The van der Waals surface area contributed by atoms with Gasteiger partial charge in [-0.05, 0) is 31.8 Å². The lowest BCUT2D eigenvalue weighted by atomic mass is 9.80. The molecule has 1 heterocycles. The van der Waals surface area contributed by atoms with Crippen molar-refractivity contribution >= 4 is 0 Å². The van der Waals surface area contributed by atoms with E-state index in [1.54, 1.807) is 0 Å². The third-order valence-corrected chi connectivity index (χ3v) is 3.51. The van der Waals surface area contributed by atoms with Gasteiger partial charge in [-0.1, -0.05) is 19.3 Å². The first-order valence-electron chi connectivity index (χ1n) is 5.34. The molecule has 0 aromatic rings. The van der Waals surface area contributed by atoms with Crippen LogP contribution in [0.4, 0.5) is 0 Å². The van der Waals surface area contributed by atoms with E-state index in [1.807, 2.05) is 0 Å². The second kappa shape index (κ2) is 3.75. The third kappa shape index (κ3) is 1.64. The van der Waals surface area contributed by atoms with Gasteiger partial charge >= 0.3 is 0 Å². The van der Waals surface area contributed by atoms with E-state index in [9.17, 15) is 0 Å². The molecule has 0 aromatic carbocycles. The maximum atomic E-state index is 5.77. The molecule has 1 saturated heterocycles. The van der Waals surface area contributed by atoms with Crippen molar-refractivity contribution in [3.05, 3.63) is 0 Å². The number of hydrogen-bond donors (Lipinski definition) is 1. The van der Waals surface area contributed by atoms with Gasteiger partial charge in [-0.2, -0.15) is 0 Å². The summed E-state index contributed by atoms with van der Waals surface area (Å²) in [7, 11) is 0. The van der Waals surface area contributed by atoms with Crippen LogP contribution in [0.5, 0.6) is 0 Å². The Hall–Kier alpha value is -0.0800. The van der Waals surface area contributed by atoms with Crippen LogP contribution in [0.3, 0.4) is 0 Å². The summed E-state index contributed by atoms with van der Waals surface area (Å²) < 4.78 is 0. The van der Waals surface area contributed by atoms with Gasteiger partial charge in [-0.3, -0.25) is 4.90 Å². The normalized spacial score (nSPS) is 27.8. The average Bonchev–Trinajstić information content (AvgIpc) is 1.89. The zero-order valence-electron chi connectivity index (χ0n) is 7.84. The van der Waals surface area contributed by atoms with Crippen molar-refractivity contribution in [3.63, 3.8) is 0 Å². The highest BCUT2D eigenvalue weighted by Crippen LogP contribution is 2.32. The van der Waals surface area contributed by atoms with E-state index >= 15 is 0 Å². The summed E-state index contributed by atoms with van der Waals surface area (Å²) in [5.74, 6) is 1.01. The van der Waals surface area contributed by atoms with Gasteiger partial charge in [0.1, 0.15) is 0 Å². The average molecular weight is 168 g/mol. The second-order valence-electron chi connectivity index (χ2n) is 4.31. The number of hydrogen-bond acceptors (Lipinski definition) is 2. The van der Waals surface area contributed by atoms with Crippen molar-refractivity contribution < 1.29 is 0 Å².